The van der Waals surface area contributed by atoms with E-state index < -0.39 is 10.0 Å². The highest BCUT2D eigenvalue weighted by Crippen LogP contribution is 2.33. The molecular formula is C14H21ClN2O2S2. The lowest BCUT2D eigenvalue weighted by Crippen LogP contribution is -2.33. The van der Waals surface area contributed by atoms with Crippen LogP contribution in [0.3, 0.4) is 0 Å². The van der Waals surface area contributed by atoms with Crippen LogP contribution in [0.2, 0.25) is 5.02 Å². The predicted octanol–water partition coefficient (Wildman–Crippen LogP) is 2.70. The summed E-state index contributed by atoms with van der Waals surface area (Å²) in [4.78, 5) is 0.245. The summed E-state index contributed by atoms with van der Waals surface area (Å²) in [6.45, 7) is 5.68. The summed E-state index contributed by atoms with van der Waals surface area (Å²) in [5, 5.41) is 0.406. The van der Waals surface area contributed by atoms with E-state index in [0.717, 1.165) is 17.7 Å². The van der Waals surface area contributed by atoms with Gasteiger partial charge in [0.05, 0.1) is 4.90 Å². The van der Waals surface area contributed by atoms with E-state index in [-0.39, 0.29) is 9.64 Å². The molecule has 0 amide bonds. The fourth-order valence-electron chi connectivity index (χ4n) is 2.25. The van der Waals surface area contributed by atoms with Crippen LogP contribution < -0.4 is 5.73 Å². The summed E-state index contributed by atoms with van der Waals surface area (Å²) in [5.74, 6) is 0.806. The largest absolute Gasteiger partial charge is 0.326 e. The molecular weight excluding hydrogens is 328 g/mol. The fourth-order valence-corrected chi connectivity index (χ4v) is 5.25. The van der Waals surface area contributed by atoms with Gasteiger partial charge in [0.1, 0.15) is 0 Å². The quantitative estimate of drug-likeness (QED) is 0.912. The van der Waals surface area contributed by atoms with Crippen molar-refractivity contribution < 1.29 is 8.42 Å². The van der Waals surface area contributed by atoms with Gasteiger partial charge >= 0.3 is 0 Å². The Morgan fingerprint density at radius 1 is 1.38 bits per heavy atom. The van der Waals surface area contributed by atoms with Crippen molar-refractivity contribution in [1.82, 2.24) is 4.31 Å². The zero-order valence-electron chi connectivity index (χ0n) is 12.3. The Morgan fingerprint density at radius 3 is 2.71 bits per heavy atom. The van der Waals surface area contributed by atoms with Crippen LogP contribution >= 0.6 is 23.4 Å². The topological polar surface area (TPSA) is 63.4 Å². The van der Waals surface area contributed by atoms with E-state index in [4.69, 9.17) is 17.3 Å². The van der Waals surface area contributed by atoms with Crippen LogP contribution in [0.25, 0.3) is 0 Å². The molecule has 118 valence electrons. The Bertz CT molecular complexity index is 617. The number of sulfonamides is 1. The Balaban J connectivity index is 2.27. The monoisotopic (exact) mass is 348 g/mol. The lowest BCUT2D eigenvalue weighted by atomic mass is 10.1. The van der Waals surface area contributed by atoms with Crippen LogP contribution in [0.4, 0.5) is 0 Å². The smallest absolute Gasteiger partial charge is 0.243 e. The molecule has 1 heterocycles. The fraction of sp³-hybridized carbons (Fsp3) is 0.571. The Hall–Kier alpha value is -0.270. The normalized spacial score (nSPS) is 20.2. The zero-order chi connectivity index (χ0) is 15.7. The third-order valence-corrected chi connectivity index (χ3v) is 7.30. The molecule has 0 unspecified atom stereocenters. The maximum Gasteiger partial charge on any atom is 0.243 e. The van der Waals surface area contributed by atoms with Crippen LogP contribution in [0.15, 0.2) is 23.1 Å². The van der Waals surface area contributed by atoms with E-state index in [2.05, 4.69) is 13.8 Å². The molecule has 2 rings (SSSR count). The molecule has 1 fully saturated rings. The molecule has 1 aliphatic rings. The molecule has 7 heteroatoms. The average molecular weight is 349 g/mol. The number of nitrogens with zero attached hydrogens (tertiary/aromatic N) is 1. The van der Waals surface area contributed by atoms with Gasteiger partial charge in [0, 0.05) is 35.2 Å². The minimum absolute atomic E-state index is 0.116. The van der Waals surface area contributed by atoms with Gasteiger partial charge in [-0.1, -0.05) is 31.5 Å². The predicted molar refractivity (Wildman–Crippen MR) is 89.3 cm³/mol. The Kier molecular flexibility index (Phi) is 5.26. The van der Waals surface area contributed by atoms with Crippen molar-refractivity contribution in [2.24, 2.45) is 5.73 Å². The van der Waals surface area contributed by atoms with Crippen LogP contribution in [0.5, 0.6) is 0 Å². The molecule has 1 aliphatic heterocycles. The SMILES string of the molecule is CC1(C)CCN(S(=O)(=O)c2ccc(CN)c(Cl)c2)CCS1. The number of hydrogen-bond acceptors (Lipinski definition) is 4. The van der Waals surface area contributed by atoms with Gasteiger partial charge in [-0.15, -0.1) is 0 Å². The third-order valence-electron chi connectivity index (χ3n) is 3.68. The second-order valence-electron chi connectivity index (χ2n) is 5.72. The van der Waals surface area contributed by atoms with Crippen LogP contribution in [0, 0.1) is 0 Å². The first-order valence-corrected chi connectivity index (χ1v) is 9.69. The first-order valence-electron chi connectivity index (χ1n) is 6.89. The molecule has 0 radical (unpaired) electrons. The van der Waals surface area contributed by atoms with Gasteiger partial charge in [0.25, 0.3) is 0 Å². The van der Waals surface area contributed by atoms with Gasteiger partial charge in [-0.2, -0.15) is 16.1 Å². The van der Waals surface area contributed by atoms with Crippen molar-refractivity contribution in [3.63, 3.8) is 0 Å². The van der Waals surface area contributed by atoms with Crippen molar-refractivity contribution in [1.29, 1.82) is 0 Å². The molecule has 0 bridgehead atoms. The number of benzene rings is 1. The summed E-state index contributed by atoms with van der Waals surface area (Å²) in [7, 11) is -3.49. The molecule has 0 aromatic heterocycles. The van der Waals surface area contributed by atoms with Crippen molar-refractivity contribution >= 4 is 33.4 Å². The van der Waals surface area contributed by atoms with Gasteiger partial charge < -0.3 is 5.73 Å². The van der Waals surface area contributed by atoms with Gasteiger partial charge in [0.2, 0.25) is 10.0 Å². The van der Waals surface area contributed by atoms with E-state index in [9.17, 15) is 8.42 Å². The molecule has 0 atom stereocenters. The highest BCUT2D eigenvalue weighted by atomic mass is 35.5. The van der Waals surface area contributed by atoms with Crippen molar-refractivity contribution in [3.05, 3.63) is 28.8 Å². The van der Waals surface area contributed by atoms with E-state index >= 15 is 0 Å². The molecule has 21 heavy (non-hydrogen) atoms. The molecule has 4 nitrogen and oxygen atoms in total. The average Bonchev–Trinajstić information content (AvgIpc) is 2.60. The Morgan fingerprint density at radius 2 is 2.10 bits per heavy atom. The second kappa shape index (κ2) is 6.46. The summed E-state index contributed by atoms with van der Waals surface area (Å²) in [6.07, 6.45) is 0.839. The van der Waals surface area contributed by atoms with Gasteiger partial charge in [-0.25, -0.2) is 8.42 Å². The van der Waals surface area contributed by atoms with Crippen molar-refractivity contribution in [3.8, 4) is 0 Å². The molecule has 1 aromatic rings. The lowest BCUT2D eigenvalue weighted by Gasteiger charge is -2.22. The van der Waals surface area contributed by atoms with E-state index in [1.807, 2.05) is 11.8 Å². The summed E-state index contributed by atoms with van der Waals surface area (Å²) in [5.41, 5.74) is 6.31. The minimum Gasteiger partial charge on any atom is -0.326 e. The maximum atomic E-state index is 12.7. The van der Waals surface area contributed by atoms with Crippen LogP contribution in [0.1, 0.15) is 25.8 Å². The van der Waals surface area contributed by atoms with E-state index in [0.29, 0.717) is 24.7 Å². The lowest BCUT2D eigenvalue weighted by molar-refractivity contribution is 0.415. The molecule has 1 saturated heterocycles. The highest BCUT2D eigenvalue weighted by molar-refractivity contribution is 8.00. The zero-order valence-corrected chi connectivity index (χ0v) is 14.7. The van der Waals surface area contributed by atoms with Crippen molar-refractivity contribution in [2.75, 3.05) is 18.8 Å². The number of hydrogen-bond donors (Lipinski definition) is 1. The number of nitrogens with two attached hydrogens (primary N) is 1. The van der Waals surface area contributed by atoms with E-state index in [1.54, 1.807) is 16.4 Å². The summed E-state index contributed by atoms with van der Waals surface area (Å²) >= 11 is 7.90. The van der Waals surface area contributed by atoms with E-state index in [1.165, 1.54) is 6.07 Å². The number of thioether (sulfide) groups is 1. The maximum absolute atomic E-state index is 12.7. The summed E-state index contributed by atoms with van der Waals surface area (Å²) < 4.78 is 27.1. The number of halogens is 1. The first kappa shape index (κ1) is 17.1. The van der Waals surface area contributed by atoms with Crippen LogP contribution in [-0.2, 0) is 16.6 Å². The summed E-state index contributed by atoms with van der Waals surface area (Å²) in [6, 6.07) is 4.78. The molecule has 0 saturated carbocycles. The van der Waals surface area contributed by atoms with Crippen LogP contribution in [-0.4, -0.2) is 36.3 Å². The molecule has 0 spiro atoms. The van der Waals surface area contributed by atoms with Gasteiger partial charge in [-0.05, 0) is 24.1 Å². The minimum atomic E-state index is -3.49. The van der Waals surface area contributed by atoms with Gasteiger partial charge in [0.15, 0.2) is 0 Å². The molecule has 1 aromatic carbocycles. The molecule has 0 aliphatic carbocycles. The highest BCUT2D eigenvalue weighted by Gasteiger charge is 2.31. The Labute approximate surface area is 136 Å². The standard InChI is InChI=1S/C14H21ClN2O2S2/c1-14(2)5-6-17(7-8-20-14)21(18,19)12-4-3-11(10-16)13(15)9-12/h3-4,9H,5-8,10,16H2,1-2H3. The first-order chi connectivity index (χ1) is 9.76. The molecule has 2 N–H and O–H groups in total. The number of rotatable bonds is 3. The second-order valence-corrected chi connectivity index (χ2v) is 9.87. The van der Waals surface area contributed by atoms with Gasteiger partial charge in [-0.3, -0.25) is 0 Å². The van der Waals surface area contributed by atoms with Crippen molar-refractivity contribution in [2.45, 2.75) is 36.5 Å². The third kappa shape index (κ3) is 3.93.